The number of hydrogen-bond acceptors (Lipinski definition) is 7. The molecule has 1 aromatic rings. The summed E-state index contributed by atoms with van der Waals surface area (Å²) in [4.78, 5) is 9.96. The number of halogens is 1. The normalized spacial score (nSPS) is 14.7. The van der Waals surface area contributed by atoms with E-state index in [4.69, 9.17) is 9.47 Å². The predicted octanol–water partition coefficient (Wildman–Crippen LogP) is 0.674. The van der Waals surface area contributed by atoms with E-state index < -0.39 is 25.5 Å². The largest absolute Gasteiger partial charge is 0.486 e. The Morgan fingerprint density at radius 3 is 2.39 bits per heavy atom. The molecule has 2 N–H and O–H groups in total. The Morgan fingerprint density at radius 1 is 1.30 bits per heavy atom. The molecule has 0 aliphatic carbocycles. The highest BCUT2D eigenvalue weighted by Gasteiger charge is 2.30. The number of hydrogen-bond donors (Lipinski definition) is 2. The average Bonchev–Trinajstić information content (AvgIpc) is 2.51. The number of ether oxygens (including phenoxy) is 2. The van der Waals surface area contributed by atoms with Gasteiger partial charge in [0.2, 0.25) is 10.0 Å². The van der Waals surface area contributed by atoms with Crippen LogP contribution in [0.15, 0.2) is 17.0 Å². The SMILES string of the molecule is CNC(C)CNS(=O)(=O)c1cc2c(cc1[N+](=O)[O-])OCCO2.Cl. The van der Waals surface area contributed by atoms with E-state index in [0.717, 1.165) is 12.1 Å². The van der Waals surface area contributed by atoms with Crippen molar-refractivity contribution in [2.45, 2.75) is 17.9 Å². The van der Waals surface area contributed by atoms with E-state index >= 15 is 0 Å². The Kier molecular flexibility index (Phi) is 6.57. The molecule has 0 spiro atoms. The Bertz CT molecular complexity index is 682. The van der Waals surface area contributed by atoms with Crippen molar-refractivity contribution in [1.29, 1.82) is 0 Å². The van der Waals surface area contributed by atoms with E-state index in [1.807, 2.05) is 0 Å². The van der Waals surface area contributed by atoms with Gasteiger partial charge in [0.05, 0.1) is 11.0 Å². The summed E-state index contributed by atoms with van der Waals surface area (Å²) in [6.45, 7) is 2.40. The standard InChI is InChI=1S/C12H17N3O6S.ClH/c1-8(13-2)7-14-22(18,19)12-6-11-10(20-3-4-21-11)5-9(12)15(16)17;/h5-6,8,13-14H,3-4,7H2,1-2H3;1H. The van der Waals surface area contributed by atoms with E-state index in [1.54, 1.807) is 14.0 Å². The van der Waals surface area contributed by atoms with Gasteiger partial charge in [-0.3, -0.25) is 10.1 Å². The summed E-state index contributed by atoms with van der Waals surface area (Å²) in [6.07, 6.45) is 0. The van der Waals surface area contributed by atoms with Crippen LogP contribution in [0.25, 0.3) is 0 Å². The van der Waals surface area contributed by atoms with Crippen LogP contribution in [0.2, 0.25) is 0 Å². The minimum Gasteiger partial charge on any atom is -0.486 e. The van der Waals surface area contributed by atoms with Gasteiger partial charge in [-0.2, -0.15) is 0 Å². The molecule has 1 aliphatic rings. The maximum Gasteiger partial charge on any atom is 0.293 e. The van der Waals surface area contributed by atoms with Crippen molar-refractivity contribution in [3.05, 3.63) is 22.2 Å². The molecule has 1 atom stereocenters. The Hall–Kier alpha value is -1.62. The second-order valence-corrected chi connectivity index (χ2v) is 6.50. The highest BCUT2D eigenvalue weighted by atomic mass is 35.5. The lowest BCUT2D eigenvalue weighted by molar-refractivity contribution is -0.388. The summed E-state index contributed by atoms with van der Waals surface area (Å²) in [5.41, 5.74) is -0.547. The Labute approximate surface area is 140 Å². The highest BCUT2D eigenvalue weighted by Crippen LogP contribution is 2.38. The zero-order chi connectivity index (χ0) is 16.3. The molecule has 9 nitrogen and oxygen atoms in total. The first kappa shape index (κ1) is 19.4. The van der Waals surface area contributed by atoms with Gasteiger partial charge in [0.15, 0.2) is 16.4 Å². The molecule has 0 radical (unpaired) electrons. The molecule has 0 saturated heterocycles. The van der Waals surface area contributed by atoms with Gasteiger partial charge in [-0.15, -0.1) is 12.4 Å². The van der Waals surface area contributed by atoms with E-state index in [-0.39, 0.29) is 49.7 Å². The maximum atomic E-state index is 12.3. The van der Waals surface area contributed by atoms with Gasteiger partial charge in [-0.05, 0) is 14.0 Å². The van der Waals surface area contributed by atoms with Crippen molar-refractivity contribution < 1.29 is 22.8 Å². The van der Waals surface area contributed by atoms with Crippen LogP contribution in [0, 0.1) is 10.1 Å². The third-order valence-corrected chi connectivity index (χ3v) is 4.64. The van der Waals surface area contributed by atoms with Crippen molar-refractivity contribution in [2.24, 2.45) is 0 Å². The molecule has 1 aliphatic heterocycles. The Morgan fingerprint density at radius 2 is 1.87 bits per heavy atom. The molecule has 11 heteroatoms. The van der Waals surface area contributed by atoms with Crippen LogP contribution < -0.4 is 19.5 Å². The third-order valence-electron chi connectivity index (χ3n) is 3.18. The van der Waals surface area contributed by atoms with Gasteiger partial charge in [0.1, 0.15) is 13.2 Å². The van der Waals surface area contributed by atoms with Gasteiger partial charge in [-0.1, -0.05) is 0 Å². The van der Waals surface area contributed by atoms with Crippen LogP contribution in [-0.2, 0) is 10.0 Å². The molecule has 1 heterocycles. The summed E-state index contributed by atoms with van der Waals surface area (Å²) >= 11 is 0. The van der Waals surface area contributed by atoms with Gasteiger partial charge in [0, 0.05) is 18.7 Å². The molecule has 23 heavy (non-hydrogen) atoms. The first-order valence-corrected chi connectivity index (χ1v) is 8.08. The van der Waals surface area contributed by atoms with Gasteiger partial charge in [-0.25, -0.2) is 13.1 Å². The molecular formula is C12H18ClN3O6S. The van der Waals surface area contributed by atoms with Crippen molar-refractivity contribution in [1.82, 2.24) is 10.0 Å². The minimum absolute atomic E-state index is 0. The third kappa shape index (κ3) is 4.44. The lowest BCUT2D eigenvalue weighted by Crippen LogP contribution is -2.37. The van der Waals surface area contributed by atoms with Gasteiger partial charge in [0.25, 0.3) is 5.69 Å². The number of nitro groups is 1. The second-order valence-electron chi connectivity index (χ2n) is 4.76. The first-order chi connectivity index (χ1) is 10.3. The zero-order valence-electron chi connectivity index (χ0n) is 12.6. The van der Waals surface area contributed by atoms with Crippen LogP contribution >= 0.6 is 12.4 Å². The van der Waals surface area contributed by atoms with Gasteiger partial charge < -0.3 is 14.8 Å². The summed E-state index contributed by atoms with van der Waals surface area (Å²) in [6, 6.07) is 2.08. The molecule has 0 bridgehead atoms. The molecule has 1 unspecified atom stereocenters. The van der Waals surface area contributed by atoms with Crippen LogP contribution in [0.3, 0.4) is 0 Å². The predicted molar refractivity (Wildman–Crippen MR) is 85.0 cm³/mol. The quantitative estimate of drug-likeness (QED) is 0.560. The number of nitrogens with zero attached hydrogens (tertiary/aromatic N) is 1. The van der Waals surface area contributed by atoms with E-state index in [9.17, 15) is 18.5 Å². The monoisotopic (exact) mass is 367 g/mol. The van der Waals surface area contributed by atoms with Crippen LogP contribution in [-0.4, -0.2) is 46.2 Å². The number of nitrogens with one attached hydrogen (secondary N) is 2. The molecule has 0 aromatic heterocycles. The highest BCUT2D eigenvalue weighted by molar-refractivity contribution is 7.89. The van der Waals surface area contributed by atoms with Crippen LogP contribution in [0.4, 0.5) is 5.69 Å². The van der Waals surface area contributed by atoms with E-state index in [0.29, 0.717) is 0 Å². The fourth-order valence-electron chi connectivity index (χ4n) is 1.83. The summed E-state index contributed by atoms with van der Waals surface area (Å²) in [5.74, 6) is 0.347. The molecule has 0 saturated carbocycles. The fraction of sp³-hybridized carbons (Fsp3) is 0.500. The topological polar surface area (TPSA) is 120 Å². The lowest BCUT2D eigenvalue weighted by Gasteiger charge is -2.19. The molecule has 0 amide bonds. The lowest BCUT2D eigenvalue weighted by atomic mass is 10.2. The number of sulfonamides is 1. The van der Waals surface area contributed by atoms with Crippen molar-refractivity contribution >= 4 is 28.1 Å². The molecule has 0 fully saturated rings. The summed E-state index contributed by atoms with van der Waals surface area (Å²) in [7, 11) is -2.36. The second kappa shape index (κ2) is 7.77. The Balaban J connectivity index is 0.00000264. The summed E-state index contributed by atoms with van der Waals surface area (Å²) in [5, 5.41) is 14.0. The first-order valence-electron chi connectivity index (χ1n) is 6.60. The number of nitro benzene ring substituents is 1. The molecule has 1 aromatic carbocycles. The fourth-order valence-corrected chi connectivity index (χ4v) is 3.13. The van der Waals surface area contributed by atoms with E-state index in [1.165, 1.54) is 0 Å². The molecular weight excluding hydrogens is 350 g/mol. The minimum atomic E-state index is -4.04. The summed E-state index contributed by atoms with van der Waals surface area (Å²) < 4.78 is 37.5. The average molecular weight is 368 g/mol. The van der Waals surface area contributed by atoms with Crippen molar-refractivity contribution in [2.75, 3.05) is 26.8 Å². The number of fused-ring (bicyclic) bond motifs is 1. The number of benzene rings is 1. The zero-order valence-corrected chi connectivity index (χ0v) is 14.2. The number of likely N-dealkylation sites (N-methyl/N-ethyl adjacent to an activating group) is 1. The molecule has 130 valence electrons. The van der Waals surface area contributed by atoms with E-state index in [2.05, 4.69) is 10.0 Å². The van der Waals surface area contributed by atoms with Crippen LogP contribution in [0.5, 0.6) is 11.5 Å². The molecule has 2 rings (SSSR count). The van der Waals surface area contributed by atoms with Crippen molar-refractivity contribution in [3.8, 4) is 11.5 Å². The van der Waals surface area contributed by atoms with Crippen LogP contribution in [0.1, 0.15) is 6.92 Å². The maximum absolute atomic E-state index is 12.3. The van der Waals surface area contributed by atoms with Gasteiger partial charge >= 0.3 is 0 Å². The van der Waals surface area contributed by atoms with Crippen molar-refractivity contribution in [3.63, 3.8) is 0 Å². The number of rotatable bonds is 6. The smallest absolute Gasteiger partial charge is 0.293 e.